The van der Waals surface area contributed by atoms with Gasteiger partial charge in [-0.15, -0.1) is 0 Å². The summed E-state index contributed by atoms with van der Waals surface area (Å²) in [6.45, 7) is 1.33. The maximum atomic E-state index is 12.1. The molecule has 5 heteroatoms. The molecule has 1 saturated carbocycles. The van der Waals surface area contributed by atoms with Crippen LogP contribution in [0.25, 0.3) is 11.1 Å². The molecule has 0 atom stereocenters. The molecule has 0 unspecified atom stereocenters. The zero-order valence-electron chi connectivity index (χ0n) is 12.7. The molecular formula is C17H22N4O. The van der Waals surface area contributed by atoms with E-state index in [1.807, 2.05) is 29.2 Å². The predicted octanol–water partition coefficient (Wildman–Crippen LogP) is 2.64. The number of pyridine rings is 1. The fourth-order valence-electron chi connectivity index (χ4n) is 2.98. The number of nitrogens with one attached hydrogen (secondary N) is 1. The van der Waals surface area contributed by atoms with Crippen molar-refractivity contribution < 1.29 is 4.79 Å². The third-order valence-corrected chi connectivity index (χ3v) is 4.26. The van der Waals surface area contributed by atoms with Crippen LogP contribution >= 0.6 is 0 Å². The zero-order valence-corrected chi connectivity index (χ0v) is 12.7. The van der Waals surface area contributed by atoms with Crippen LogP contribution in [0.4, 0.5) is 0 Å². The third-order valence-electron chi connectivity index (χ3n) is 4.26. The number of rotatable bonds is 5. The monoisotopic (exact) mass is 298 g/mol. The number of hydrogen-bond acceptors (Lipinski definition) is 3. The average molecular weight is 298 g/mol. The van der Waals surface area contributed by atoms with Crippen molar-refractivity contribution in [2.75, 3.05) is 6.54 Å². The molecule has 0 aliphatic heterocycles. The summed E-state index contributed by atoms with van der Waals surface area (Å²) in [6, 6.07) is 3.93. The maximum Gasteiger partial charge on any atom is 0.223 e. The van der Waals surface area contributed by atoms with Gasteiger partial charge in [-0.25, -0.2) is 0 Å². The molecule has 0 bridgehead atoms. The SMILES string of the molecule is O=C(NCCn1cc(-c2ccncc2)cn1)C1CCCCC1. The Bertz CT molecular complexity index is 602. The number of carbonyl (C=O) groups is 1. The zero-order chi connectivity index (χ0) is 15.2. The lowest BCUT2D eigenvalue weighted by molar-refractivity contribution is -0.125. The molecule has 0 aromatic carbocycles. The number of aromatic nitrogens is 3. The van der Waals surface area contributed by atoms with E-state index < -0.39 is 0 Å². The van der Waals surface area contributed by atoms with Crippen molar-refractivity contribution >= 4 is 5.91 Å². The number of hydrogen-bond donors (Lipinski definition) is 1. The van der Waals surface area contributed by atoms with Gasteiger partial charge in [0.1, 0.15) is 0 Å². The van der Waals surface area contributed by atoms with Gasteiger partial charge in [-0.05, 0) is 30.5 Å². The Morgan fingerprint density at radius 1 is 1.18 bits per heavy atom. The third kappa shape index (κ3) is 3.72. The maximum absolute atomic E-state index is 12.1. The van der Waals surface area contributed by atoms with E-state index in [0.717, 1.165) is 24.0 Å². The Morgan fingerprint density at radius 3 is 2.73 bits per heavy atom. The highest BCUT2D eigenvalue weighted by atomic mass is 16.1. The molecule has 22 heavy (non-hydrogen) atoms. The summed E-state index contributed by atoms with van der Waals surface area (Å²) in [7, 11) is 0. The van der Waals surface area contributed by atoms with Gasteiger partial charge in [-0.2, -0.15) is 5.10 Å². The Labute approximate surface area is 130 Å². The summed E-state index contributed by atoms with van der Waals surface area (Å²) in [6.07, 6.45) is 13.1. The Kier molecular flexibility index (Phi) is 4.83. The lowest BCUT2D eigenvalue weighted by atomic mass is 9.89. The Morgan fingerprint density at radius 2 is 1.95 bits per heavy atom. The molecule has 3 rings (SSSR count). The minimum Gasteiger partial charge on any atom is -0.354 e. The van der Waals surface area contributed by atoms with Crippen molar-refractivity contribution in [1.82, 2.24) is 20.1 Å². The van der Waals surface area contributed by atoms with Crippen molar-refractivity contribution in [3.05, 3.63) is 36.9 Å². The van der Waals surface area contributed by atoms with E-state index in [0.29, 0.717) is 13.1 Å². The van der Waals surface area contributed by atoms with Crippen LogP contribution in [-0.2, 0) is 11.3 Å². The minimum atomic E-state index is 0.209. The van der Waals surface area contributed by atoms with E-state index in [-0.39, 0.29) is 11.8 Å². The van der Waals surface area contributed by atoms with Gasteiger partial charge in [0.05, 0.1) is 12.7 Å². The quantitative estimate of drug-likeness (QED) is 0.923. The van der Waals surface area contributed by atoms with Crippen molar-refractivity contribution in [1.29, 1.82) is 0 Å². The molecule has 1 fully saturated rings. The second kappa shape index (κ2) is 7.20. The molecule has 1 amide bonds. The normalized spacial score (nSPS) is 15.6. The van der Waals surface area contributed by atoms with Crippen LogP contribution in [0.3, 0.4) is 0 Å². The van der Waals surface area contributed by atoms with Crippen LogP contribution < -0.4 is 5.32 Å². The highest BCUT2D eigenvalue weighted by molar-refractivity contribution is 5.78. The van der Waals surface area contributed by atoms with Gasteiger partial charge in [0.2, 0.25) is 5.91 Å². The van der Waals surface area contributed by atoms with Crippen molar-refractivity contribution in [3.63, 3.8) is 0 Å². The molecule has 5 nitrogen and oxygen atoms in total. The molecule has 2 aromatic heterocycles. The first-order valence-electron chi connectivity index (χ1n) is 8.03. The lowest BCUT2D eigenvalue weighted by Gasteiger charge is -2.20. The summed E-state index contributed by atoms with van der Waals surface area (Å²) < 4.78 is 1.87. The van der Waals surface area contributed by atoms with Gasteiger partial charge in [0.15, 0.2) is 0 Å². The van der Waals surface area contributed by atoms with Gasteiger partial charge in [-0.3, -0.25) is 14.5 Å². The van der Waals surface area contributed by atoms with Crippen molar-refractivity contribution in [3.8, 4) is 11.1 Å². The summed E-state index contributed by atoms with van der Waals surface area (Å²) in [5.41, 5.74) is 2.17. The Balaban J connectivity index is 1.48. The summed E-state index contributed by atoms with van der Waals surface area (Å²) in [5, 5.41) is 7.39. The summed E-state index contributed by atoms with van der Waals surface area (Å²) >= 11 is 0. The molecule has 1 aliphatic rings. The second-order valence-corrected chi connectivity index (χ2v) is 5.85. The highest BCUT2D eigenvalue weighted by Gasteiger charge is 2.20. The van der Waals surface area contributed by atoms with E-state index >= 15 is 0 Å². The van der Waals surface area contributed by atoms with Crippen LogP contribution in [-0.4, -0.2) is 27.2 Å². The van der Waals surface area contributed by atoms with Gasteiger partial charge in [0.25, 0.3) is 0 Å². The predicted molar refractivity (Wildman–Crippen MR) is 85.0 cm³/mol. The van der Waals surface area contributed by atoms with Crippen LogP contribution in [0, 0.1) is 5.92 Å². The van der Waals surface area contributed by atoms with Crippen molar-refractivity contribution in [2.24, 2.45) is 5.92 Å². The van der Waals surface area contributed by atoms with E-state index in [4.69, 9.17) is 0 Å². The number of nitrogens with zero attached hydrogens (tertiary/aromatic N) is 3. The first-order valence-corrected chi connectivity index (χ1v) is 8.03. The van der Waals surface area contributed by atoms with E-state index in [1.165, 1.54) is 19.3 Å². The summed E-state index contributed by atoms with van der Waals surface area (Å²) in [4.78, 5) is 16.1. The molecule has 1 aliphatic carbocycles. The lowest BCUT2D eigenvalue weighted by Crippen LogP contribution is -2.34. The van der Waals surface area contributed by atoms with Crippen LogP contribution in [0.15, 0.2) is 36.9 Å². The summed E-state index contributed by atoms with van der Waals surface area (Å²) in [5.74, 6) is 0.431. The Hall–Kier alpha value is -2.17. The van der Waals surface area contributed by atoms with Gasteiger partial charge < -0.3 is 5.32 Å². The van der Waals surface area contributed by atoms with Gasteiger partial charge in [0, 0.05) is 36.6 Å². The molecule has 2 aromatic rings. The van der Waals surface area contributed by atoms with Crippen LogP contribution in [0.5, 0.6) is 0 Å². The number of carbonyl (C=O) groups excluding carboxylic acids is 1. The molecule has 2 heterocycles. The minimum absolute atomic E-state index is 0.209. The van der Waals surface area contributed by atoms with Crippen LogP contribution in [0.2, 0.25) is 0 Å². The smallest absolute Gasteiger partial charge is 0.223 e. The first-order chi connectivity index (χ1) is 10.8. The van der Waals surface area contributed by atoms with Gasteiger partial charge >= 0.3 is 0 Å². The largest absolute Gasteiger partial charge is 0.354 e. The average Bonchev–Trinajstić information content (AvgIpc) is 3.05. The topological polar surface area (TPSA) is 59.8 Å². The van der Waals surface area contributed by atoms with Crippen molar-refractivity contribution in [2.45, 2.75) is 38.6 Å². The van der Waals surface area contributed by atoms with E-state index in [1.54, 1.807) is 12.4 Å². The van der Waals surface area contributed by atoms with E-state index in [2.05, 4.69) is 15.4 Å². The molecule has 0 radical (unpaired) electrons. The van der Waals surface area contributed by atoms with Crippen LogP contribution in [0.1, 0.15) is 32.1 Å². The first kappa shape index (κ1) is 14.8. The fourth-order valence-corrected chi connectivity index (χ4v) is 2.98. The molecule has 1 N–H and O–H groups in total. The van der Waals surface area contributed by atoms with E-state index in [9.17, 15) is 4.79 Å². The molecule has 0 saturated heterocycles. The molecule has 0 spiro atoms. The fraction of sp³-hybridized carbons (Fsp3) is 0.471. The standard InChI is InChI=1S/C17H22N4O/c22-17(15-4-2-1-3-5-15)19-10-11-21-13-16(12-20-21)14-6-8-18-9-7-14/h6-9,12-13,15H,1-5,10-11H2,(H,19,22). The molecular weight excluding hydrogens is 276 g/mol. The van der Waals surface area contributed by atoms with Gasteiger partial charge in [-0.1, -0.05) is 19.3 Å². The second-order valence-electron chi connectivity index (χ2n) is 5.85. The molecule has 116 valence electrons. The highest BCUT2D eigenvalue weighted by Crippen LogP contribution is 2.23. The number of amides is 1.